The molecule has 0 spiro atoms. The third-order valence-electron chi connectivity index (χ3n) is 3.87. The van der Waals surface area contributed by atoms with Crippen LogP contribution in [0.2, 0.25) is 0 Å². The smallest absolute Gasteiger partial charge is 0.315 e. The van der Waals surface area contributed by atoms with Gasteiger partial charge in [-0.25, -0.2) is 9.78 Å². The topological polar surface area (TPSA) is 95.6 Å². The number of carbonyl (C=O) groups excluding carboxylic acids is 1. The van der Waals surface area contributed by atoms with Crippen molar-refractivity contribution in [1.29, 1.82) is 0 Å². The predicted molar refractivity (Wildman–Crippen MR) is 94.6 cm³/mol. The van der Waals surface area contributed by atoms with Crippen LogP contribution in [0.15, 0.2) is 48.8 Å². The van der Waals surface area contributed by atoms with E-state index in [0.29, 0.717) is 11.6 Å². The van der Waals surface area contributed by atoms with Crippen molar-refractivity contribution in [2.24, 2.45) is 0 Å². The largest absolute Gasteiger partial charge is 0.332 e. The Morgan fingerprint density at radius 1 is 1.24 bits per heavy atom. The molecule has 2 heterocycles. The number of rotatable bonds is 5. The molecule has 3 aromatic rings. The number of carbonyl (C=O) groups is 1. The molecule has 25 heavy (non-hydrogen) atoms. The van der Waals surface area contributed by atoms with E-state index in [1.54, 1.807) is 12.4 Å². The van der Waals surface area contributed by atoms with Crippen LogP contribution in [-0.4, -0.2) is 26.2 Å². The zero-order valence-corrected chi connectivity index (χ0v) is 14.2. The number of amides is 2. The van der Waals surface area contributed by atoms with Gasteiger partial charge in [-0.3, -0.25) is 10.1 Å². The first-order valence-corrected chi connectivity index (χ1v) is 8.05. The molecule has 0 aliphatic rings. The molecule has 3 rings (SSSR count). The summed E-state index contributed by atoms with van der Waals surface area (Å²) in [5, 5.41) is 12.7. The van der Waals surface area contributed by atoms with Crippen LogP contribution in [0.4, 0.5) is 4.79 Å². The fraction of sp³-hybridized carbons (Fsp3) is 0.222. The molecular weight excluding hydrogens is 316 g/mol. The molecular formula is C18H20N6O. The number of benzene rings is 1. The minimum atomic E-state index is -0.270. The number of hydrogen-bond acceptors (Lipinski definition) is 4. The highest BCUT2D eigenvalue weighted by Crippen LogP contribution is 2.15. The normalized spacial score (nSPS) is 11.8. The number of aryl methyl sites for hydroxylation is 1. The Bertz CT molecular complexity index is 846. The van der Waals surface area contributed by atoms with Crippen LogP contribution in [-0.2, 0) is 6.54 Å². The summed E-state index contributed by atoms with van der Waals surface area (Å²) in [5.74, 6) is 1.20. The molecule has 7 nitrogen and oxygen atoms in total. The number of aromatic nitrogens is 4. The summed E-state index contributed by atoms with van der Waals surface area (Å²) in [7, 11) is 0. The maximum Gasteiger partial charge on any atom is 0.315 e. The highest BCUT2D eigenvalue weighted by molar-refractivity contribution is 5.74. The van der Waals surface area contributed by atoms with Crippen molar-refractivity contribution in [3.63, 3.8) is 0 Å². The molecule has 0 radical (unpaired) electrons. The summed E-state index contributed by atoms with van der Waals surface area (Å²) in [6, 6.07) is 11.2. The van der Waals surface area contributed by atoms with Gasteiger partial charge in [0.25, 0.3) is 0 Å². The van der Waals surface area contributed by atoms with Gasteiger partial charge in [0.05, 0.1) is 12.6 Å². The van der Waals surface area contributed by atoms with Crippen molar-refractivity contribution in [3.8, 4) is 11.4 Å². The summed E-state index contributed by atoms with van der Waals surface area (Å²) < 4.78 is 0. The lowest BCUT2D eigenvalue weighted by Crippen LogP contribution is -2.37. The van der Waals surface area contributed by atoms with E-state index < -0.39 is 0 Å². The van der Waals surface area contributed by atoms with Gasteiger partial charge in [-0.2, -0.15) is 5.10 Å². The number of H-pyrrole nitrogens is 1. The molecule has 0 aliphatic carbocycles. The molecule has 1 aromatic carbocycles. The number of urea groups is 1. The Kier molecular flexibility index (Phi) is 5.03. The summed E-state index contributed by atoms with van der Waals surface area (Å²) in [6.45, 7) is 4.18. The number of pyridine rings is 1. The minimum absolute atomic E-state index is 0.136. The number of aromatic amines is 1. The predicted octanol–water partition coefficient (Wildman–Crippen LogP) is 2.74. The summed E-state index contributed by atoms with van der Waals surface area (Å²) in [4.78, 5) is 20.6. The van der Waals surface area contributed by atoms with Crippen molar-refractivity contribution in [1.82, 2.24) is 30.8 Å². The van der Waals surface area contributed by atoms with Crippen LogP contribution in [0.25, 0.3) is 11.4 Å². The Balaban J connectivity index is 1.54. The average Bonchev–Trinajstić information content (AvgIpc) is 3.10. The highest BCUT2D eigenvalue weighted by Gasteiger charge is 2.12. The minimum Gasteiger partial charge on any atom is -0.332 e. The van der Waals surface area contributed by atoms with E-state index in [-0.39, 0.29) is 18.6 Å². The Labute approximate surface area is 145 Å². The van der Waals surface area contributed by atoms with Gasteiger partial charge >= 0.3 is 6.03 Å². The first-order chi connectivity index (χ1) is 12.1. The van der Waals surface area contributed by atoms with Crippen LogP contribution < -0.4 is 10.6 Å². The Hall–Kier alpha value is -3.22. The molecule has 0 bridgehead atoms. The van der Waals surface area contributed by atoms with Gasteiger partial charge in [0.1, 0.15) is 5.82 Å². The van der Waals surface area contributed by atoms with Gasteiger partial charge in [-0.1, -0.05) is 30.3 Å². The van der Waals surface area contributed by atoms with Gasteiger partial charge in [0.2, 0.25) is 0 Å². The molecule has 0 aliphatic heterocycles. The Morgan fingerprint density at radius 2 is 2.04 bits per heavy atom. The van der Waals surface area contributed by atoms with Crippen molar-refractivity contribution in [2.75, 3.05) is 0 Å². The maximum absolute atomic E-state index is 12.1. The van der Waals surface area contributed by atoms with E-state index in [1.165, 1.54) is 0 Å². The molecule has 1 atom stereocenters. The number of nitrogens with one attached hydrogen (secondary N) is 3. The van der Waals surface area contributed by atoms with Crippen molar-refractivity contribution in [3.05, 3.63) is 65.7 Å². The fourth-order valence-corrected chi connectivity index (χ4v) is 2.51. The zero-order chi connectivity index (χ0) is 17.6. The standard InChI is InChI=1S/C18H20N6O/c1-12-8-9-19-10-15(12)13(2)21-18(25)20-11-16-22-17(24-23-16)14-6-4-3-5-7-14/h3-10,13H,11H2,1-2H3,(H2,20,21,25)(H,22,23,24). The fourth-order valence-electron chi connectivity index (χ4n) is 2.51. The zero-order valence-electron chi connectivity index (χ0n) is 14.2. The molecule has 3 N–H and O–H groups in total. The summed E-state index contributed by atoms with van der Waals surface area (Å²) in [6.07, 6.45) is 3.50. The van der Waals surface area contributed by atoms with Crippen LogP contribution in [0.1, 0.15) is 29.9 Å². The molecule has 2 amide bonds. The van der Waals surface area contributed by atoms with E-state index in [4.69, 9.17) is 0 Å². The lowest BCUT2D eigenvalue weighted by atomic mass is 10.1. The maximum atomic E-state index is 12.1. The SMILES string of the molecule is Cc1ccncc1C(C)NC(=O)NCc1nc(-c2ccccc2)n[nH]1. The van der Waals surface area contributed by atoms with Gasteiger partial charge in [0, 0.05) is 18.0 Å². The molecule has 7 heteroatoms. The second-order valence-corrected chi connectivity index (χ2v) is 5.75. The molecule has 0 fully saturated rings. The second-order valence-electron chi connectivity index (χ2n) is 5.75. The average molecular weight is 336 g/mol. The van der Waals surface area contributed by atoms with E-state index in [9.17, 15) is 4.79 Å². The lowest BCUT2D eigenvalue weighted by Gasteiger charge is -2.16. The number of nitrogens with zero attached hydrogens (tertiary/aromatic N) is 3. The van der Waals surface area contributed by atoms with Crippen LogP contribution in [0.5, 0.6) is 0 Å². The van der Waals surface area contributed by atoms with Gasteiger partial charge in [-0.15, -0.1) is 0 Å². The molecule has 1 unspecified atom stereocenters. The van der Waals surface area contributed by atoms with E-state index in [1.807, 2.05) is 50.2 Å². The first-order valence-electron chi connectivity index (χ1n) is 8.05. The molecule has 0 saturated carbocycles. The number of hydrogen-bond donors (Lipinski definition) is 3. The van der Waals surface area contributed by atoms with Gasteiger partial charge in [0.15, 0.2) is 5.82 Å². The molecule has 0 saturated heterocycles. The van der Waals surface area contributed by atoms with E-state index >= 15 is 0 Å². The summed E-state index contributed by atoms with van der Waals surface area (Å²) >= 11 is 0. The van der Waals surface area contributed by atoms with E-state index in [2.05, 4.69) is 30.8 Å². The van der Waals surface area contributed by atoms with Gasteiger partial charge < -0.3 is 10.6 Å². The van der Waals surface area contributed by atoms with Crippen LogP contribution >= 0.6 is 0 Å². The van der Waals surface area contributed by atoms with E-state index in [0.717, 1.165) is 16.7 Å². The van der Waals surface area contributed by atoms with Crippen molar-refractivity contribution >= 4 is 6.03 Å². The lowest BCUT2D eigenvalue weighted by molar-refractivity contribution is 0.237. The quantitative estimate of drug-likeness (QED) is 0.667. The molecule has 2 aromatic heterocycles. The monoisotopic (exact) mass is 336 g/mol. The summed E-state index contributed by atoms with van der Waals surface area (Å²) in [5.41, 5.74) is 3.00. The van der Waals surface area contributed by atoms with Crippen LogP contribution in [0, 0.1) is 6.92 Å². The Morgan fingerprint density at radius 3 is 2.80 bits per heavy atom. The van der Waals surface area contributed by atoms with Crippen molar-refractivity contribution in [2.45, 2.75) is 26.4 Å². The highest BCUT2D eigenvalue weighted by atomic mass is 16.2. The second kappa shape index (κ2) is 7.57. The third-order valence-corrected chi connectivity index (χ3v) is 3.87. The first kappa shape index (κ1) is 16.6. The van der Waals surface area contributed by atoms with Gasteiger partial charge in [-0.05, 0) is 31.0 Å². The molecule has 128 valence electrons. The van der Waals surface area contributed by atoms with Crippen LogP contribution in [0.3, 0.4) is 0 Å². The van der Waals surface area contributed by atoms with Crippen molar-refractivity contribution < 1.29 is 4.79 Å². The third kappa shape index (κ3) is 4.20.